The van der Waals surface area contributed by atoms with E-state index in [1.54, 1.807) is 11.8 Å². The minimum absolute atomic E-state index is 0.105. The van der Waals surface area contributed by atoms with Crippen LogP contribution in [0.3, 0.4) is 0 Å². The number of rotatable bonds is 5. The van der Waals surface area contributed by atoms with Crippen molar-refractivity contribution in [2.45, 2.75) is 42.4 Å². The Balaban J connectivity index is 0.00000108. The third-order valence-electron chi connectivity index (χ3n) is 3.72. The lowest BCUT2D eigenvalue weighted by atomic mass is 9.93. The molecule has 3 rings (SSSR count). The fourth-order valence-corrected chi connectivity index (χ4v) is 3.45. The Morgan fingerprint density at radius 2 is 1.27 bits per heavy atom. The van der Waals surface area contributed by atoms with Gasteiger partial charge in [0.2, 0.25) is 0 Å². The van der Waals surface area contributed by atoms with E-state index in [1.165, 1.54) is 27.3 Å². The fourth-order valence-electron chi connectivity index (χ4n) is 2.54. The van der Waals surface area contributed by atoms with Gasteiger partial charge in [-0.25, -0.2) is 0 Å². The van der Waals surface area contributed by atoms with E-state index >= 15 is 0 Å². The van der Waals surface area contributed by atoms with Crippen LogP contribution in [0, 0.1) is 12.3 Å². The molecule has 0 saturated heterocycles. The van der Waals surface area contributed by atoms with Gasteiger partial charge in [0, 0.05) is 15.7 Å². The van der Waals surface area contributed by atoms with Gasteiger partial charge in [-0.05, 0) is 41.8 Å². The van der Waals surface area contributed by atoms with Crippen LogP contribution in [0.25, 0.3) is 0 Å². The lowest BCUT2D eigenvalue weighted by molar-refractivity contribution is 0.859. The largest absolute Gasteiger partial charge is 0.119 e. The average molecular weight is 415 g/mol. The van der Waals surface area contributed by atoms with Crippen molar-refractivity contribution >= 4 is 11.8 Å². The first kappa shape index (κ1) is 27.0. The molecule has 30 heavy (non-hydrogen) atoms. The minimum atomic E-state index is 0.105. The Morgan fingerprint density at radius 3 is 1.80 bits per heavy atom. The number of terminal acetylenes is 1. The van der Waals surface area contributed by atoms with Crippen molar-refractivity contribution in [2.75, 3.05) is 0 Å². The van der Waals surface area contributed by atoms with Crippen LogP contribution in [-0.4, -0.2) is 0 Å². The smallest absolute Gasteiger partial charge is 0.0490 e. The first-order valence-electron chi connectivity index (χ1n) is 10.1. The summed E-state index contributed by atoms with van der Waals surface area (Å²) >= 11 is 1.77. The van der Waals surface area contributed by atoms with E-state index in [2.05, 4.69) is 119 Å². The highest BCUT2D eigenvalue weighted by Gasteiger charge is 2.10. The number of benzene rings is 3. The molecule has 0 spiro atoms. The molecule has 0 bridgehead atoms. The van der Waals surface area contributed by atoms with Crippen LogP contribution < -0.4 is 0 Å². The fraction of sp³-hybridized carbons (Fsp3) is 0.172. The Kier molecular flexibility index (Phi) is 16.3. The van der Waals surface area contributed by atoms with Crippen LogP contribution >= 0.6 is 11.8 Å². The van der Waals surface area contributed by atoms with Gasteiger partial charge in [-0.1, -0.05) is 98.6 Å². The average Bonchev–Trinajstić information content (AvgIpc) is 2.82. The summed E-state index contributed by atoms with van der Waals surface area (Å²) in [6, 6.07) is 29.4. The molecule has 0 aliphatic rings. The van der Waals surface area contributed by atoms with E-state index in [0.717, 1.165) is 6.42 Å². The molecule has 1 heteroatoms. The summed E-state index contributed by atoms with van der Waals surface area (Å²) in [6.07, 6.45) is 7.92. The molecule has 0 nitrogen and oxygen atoms in total. The molecule has 0 amide bonds. The van der Waals surface area contributed by atoms with E-state index in [-0.39, 0.29) is 5.92 Å². The van der Waals surface area contributed by atoms with Crippen molar-refractivity contribution in [1.29, 1.82) is 0 Å². The predicted octanol–water partition coefficient (Wildman–Crippen LogP) is 8.82. The molecule has 1 atom stereocenters. The van der Waals surface area contributed by atoms with Crippen molar-refractivity contribution in [2.24, 2.45) is 0 Å². The Hall–Kier alpha value is -2.95. The number of hydrogen-bond acceptors (Lipinski definition) is 1. The van der Waals surface area contributed by atoms with Gasteiger partial charge in [0.25, 0.3) is 0 Å². The molecule has 0 aliphatic heterocycles. The molecule has 3 aromatic rings. The number of hydrogen-bond donors (Lipinski definition) is 0. The predicted molar refractivity (Wildman–Crippen MR) is 137 cm³/mol. The molecule has 0 radical (unpaired) electrons. The zero-order valence-electron chi connectivity index (χ0n) is 18.4. The summed E-state index contributed by atoms with van der Waals surface area (Å²) in [5.41, 5.74) is 2.48. The first-order valence-corrected chi connectivity index (χ1v) is 10.9. The summed E-state index contributed by atoms with van der Waals surface area (Å²) in [4.78, 5) is 2.46. The van der Waals surface area contributed by atoms with Crippen LogP contribution in [0.2, 0.25) is 0 Å². The summed E-state index contributed by atoms with van der Waals surface area (Å²) in [7, 11) is 0. The third-order valence-corrected chi connectivity index (χ3v) is 4.72. The highest BCUT2D eigenvalue weighted by Crippen LogP contribution is 2.30. The third kappa shape index (κ3) is 10.6. The lowest BCUT2D eigenvalue weighted by Crippen LogP contribution is -2.00. The van der Waals surface area contributed by atoms with Crippen molar-refractivity contribution in [3.8, 4) is 12.3 Å². The van der Waals surface area contributed by atoms with Gasteiger partial charge in [-0.15, -0.1) is 32.7 Å². The van der Waals surface area contributed by atoms with E-state index in [4.69, 9.17) is 6.42 Å². The Morgan fingerprint density at radius 1 is 0.767 bits per heavy atom. The molecule has 0 saturated carbocycles. The molecule has 0 heterocycles. The van der Waals surface area contributed by atoms with Gasteiger partial charge in [0.1, 0.15) is 0 Å². The molecular formula is C29H34S. The summed E-state index contributed by atoms with van der Waals surface area (Å²) in [5, 5.41) is 0. The normalized spacial score (nSPS) is 9.77. The van der Waals surface area contributed by atoms with Crippen LogP contribution in [0.5, 0.6) is 0 Å². The first-order chi connectivity index (χ1) is 14.8. The van der Waals surface area contributed by atoms with Crippen LogP contribution in [0.4, 0.5) is 0 Å². The van der Waals surface area contributed by atoms with Gasteiger partial charge in [0.15, 0.2) is 0 Å². The maximum atomic E-state index is 5.80. The summed E-state index contributed by atoms with van der Waals surface area (Å²) in [6.45, 7) is 16.2. The minimum Gasteiger partial charge on any atom is -0.119 e. The Labute approximate surface area is 188 Å². The van der Waals surface area contributed by atoms with E-state index in [0.29, 0.717) is 0 Å². The van der Waals surface area contributed by atoms with Crippen LogP contribution in [-0.2, 0) is 6.42 Å². The highest BCUT2D eigenvalue weighted by molar-refractivity contribution is 7.99. The van der Waals surface area contributed by atoms with Crippen molar-refractivity contribution in [1.82, 2.24) is 0 Å². The highest BCUT2D eigenvalue weighted by atomic mass is 32.2. The second-order valence-corrected chi connectivity index (χ2v) is 7.25. The maximum absolute atomic E-state index is 5.80. The second-order valence-electron chi connectivity index (χ2n) is 6.10. The zero-order chi connectivity index (χ0) is 22.6. The molecule has 156 valence electrons. The monoisotopic (exact) mass is 414 g/mol. The van der Waals surface area contributed by atoms with Crippen molar-refractivity contribution in [3.63, 3.8) is 0 Å². The standard InChI is InChI=1S/C22H18S.C3H8.2C2H4/c1-2-19(16-18-10-5-3-6-11-18)20-12-9-15-22(17-20)23-21-13-7-4-8-14-21;1-3-2;2*1-2/h1,3-15,17,19H,16H2;3H2,1-2H3;2*1-2H2. The lowest BCUT2D eigenvalue weighted by Gasteiger charge is -2.13. The molecular weight excluding hydrogens is 380 g/mol. The van der Waals surface area contributed by atoms with Gasteiger partial charge >= 0.3 is 0 Å². The van der Waals surface area contributed by atoms with Crippen LogP contribution in [0.15, 0.2) is 121 Å². The molecule has 0 N–H and O–H groups in total. The summed E-state index contributed by atoms with van der Waals surface area (Å²) in [5.74, 6) is 3.05. The van der Waals surface area contributed by atoms with Crippen molar-refractivity contribution in [3.05, 3.63) is 122 Å². The molecule has 3 aromatic carbocycles. The molecule has 0 fully saturated rings. The Bertz CT molecular complexity index is 829. The van der Waals surface area contributed by atoms with Gasteiger partial charge in [-0.3, -0.25) is 0 Å². The molecule has 0 aromatic heterocycles. The van der Waals surface area contributed by atoms with Crippen LogP contribution in [0.1, 0.15) is 37.3 Å². The van der Waals surface area contributed by atoms with E-state index < -0.39 is 0 Å². The zero-order valence-corrected chi connectivity index (χ0v) is 19.2. The maximum Gasteiger partial charge on any atom is 0.0490 e. The molecule has 1 unspecified atom stereocenters. The summed E-state index contributed by atoms with van der Waals surface area (Å²) < 4.78 is 0. The van der Waals surface area contributed by atoms with Crippen molar-refractivity contribution < 1.29 is 0 Å². The van der Waals surface area contributed by atoms with E-state index in [1.807, 2.05) is 12.1 Å². The van der Waals surface area contributed by atoms with Gasteiger partial charge < -0.3 is 0 Å². The van der Waals surface area contributed by atoms with E-state index in [9.17, 15) is 0 Å². The quantitative estimate of drug-likeness (QED) is 0.297. The molecule has 0 aliphatic carbocycles. The van der Waals surface area contributed by atoms with Gasteiger partial charge in [-0.2, -0.15) is 0 Å². The second kappa shape index (κ2) is 18.1. The SMILES string of the molecule is C#CC(Cc1ccccc1)c1cccc(Sc2ccccc2)c1.C=C.C=C.CCC. The van der Waals surface area contributed by atoms with Gasteiger partial charge in [0.05, 0.1) is 0 Å². The topological polar surface area (TPSA) is 0 Å².